The highest BCUT2D eigenvalue weighted by Crippen LogP contribution is 2.32. The van der Waals surface area contributed by atoms with Crippen LogP contribution in [0.2, 0.25) is 0 Å². The first-order valence-corrected chi connectivity index (χ1v) is 8.62. The van der Waals surface area contributed by atoms with Gasteiger partial charge in [-0.3, -0.25) is 4.99 Å². The third-order valence-corrected chi connectivity index (χ3v) is 4.30. The van der Waals surface area contributed by atoms with E-state index in [-0.39, 0.29) is 13.2 Å². The van der Waals surface area contributed by atoms with Gasteiger partial charge < -0.3 is 19.4 Å². The predicted molar refractivity (Wildman–Crippen MR) is 106 cm³/mol. The Morgan fingerprint density at radius 2 is 2.21 bits per heavy atom. The van der Waals surface area contributed by atoms with Gasteiger partial charge in [0.1, 0.15) is 5.75 Å². The van der Waals surface area contributed by atoms with Crippen molar-refractivity contribution in [1.82, 2.24) is 9.97 Å². The van der Waals surface area contributed by atoms with E-state index in [0.717, 1.165) is 17.1 Å². The predicted octanol–water partition coefficient (Wildman–Crippen LogP) is 4.00. The van der Waals surface area contributed by atoms with Crippen LogP contribution in [0, 0.1) is 0 Å². The van der Waals surface area contributed by atoms with Gasteiger partial charge in [-0.05, 0) is 43.2 Å². The fraction of sp³-hybridized carbons (Fsp3) is 0.263. The Morgan fingerprint density at radius 3 is 2.89 bits per heavy atom. The van der Waals surface area contributed by atoms with E-state index in [0.29, 0.717) is 28.3 Å². The fourth-order valence-corrected chi connectivity index (χ4v) is 2.96. The average molecular weight is 380 g/mol. The minimum absolute atomic E-state index is 0.0238. The SMILES string of the molecule is COc1cc(-c2ccc[nH]2)[nH]c1/C=C1\N=C(C)C(C(=O)OCCN=[N+]=[N-])=C1C. The number of aromatic nitrogens is 2. The Labute approximate surface area is 161 Å². The van der Waals surface area contributed by atoms with Crippen molar-refractivity contribution < 1.29 is 14.3 Å². The number of allylic oxidation sites excluding steroid dienone is 1. The number of nitrogens with zero attached hydrogens (tertiary/aromatic N) is 4. The molecule has 0 atom stereocenters. The summed E-state index contributed by atoms with van der Waals surface area (Å²) in [6, 6.07) is 5.77. The van der Waals surface area contributed by atoms with Crippen molar-refractivity contribution in [1.29, 1.82) is 0 Å². The van der Waals surface area contributed by atoms with Gasteiger partial charge in [-0.25, -0.2) is 4.79 Å². The number of hydrogen-bond acceptors (Lipinski definition) is 5. The van der Waals surface area contributed by atoms with Gasteiger partial charge in [-0.15, -0.1) is 0 Å². The summed E-state index contributed by atoms with van der Waals surface area (Å²) in [5.41, 5.74) is 13.2. The molecule has 0 unspecified atom stereocenters. The number of azide groups is 1. The zero-order chi connectivity index (χ0) is 20.1. The molecule has 0 spiro atoms. The number of esters is 1. The molecular weight excluding hydrogens is 360 g/mol. The molecule has 0 aliphatic carbocycles. The van der Waals surface area contributed by atoms with E-state index >= 15 is 0 Å². The quantitative estimate of drug-likeness (QED) is 0.247. The standard InChI is InChI=1S/C19H20N6O3/c1-11-14(23-12(2)18(11)19(26)28-8-7-22-25-20)9-16-17(27-3)10-15(24-16)13-5-4-6-21-13/h4-6,9-10,21,24H,7-8H2,1-3H3/b14-9-. The van der Waals surface area contributed by atoms with Crippen molar-refractivity contribution >= 4 is 17.8 Å². The monoisotopic (exact) mass is 380 g/mol. The van der Waals surface area contributed by atoms with Crippen LogP contribution in [-0.4, -0.2) is 41.9 Å². The maximum absolute atomic E-state index is 12.4. The van der Waals surface area contributed by atoms with E-state index < -0.39 is 5.97 Å². The average Bonchev–Trinajstić information content (AvgIpc) is 3.39. The van der Waals surface area contributed by atoms with E-state index in [1.807, 2.05) is 37.4 Å². The summed E-state index contributed by atoms with van der Waals surface area (Å²) >= 11 is 0. The smallest absolute Gasteiger partial charge is 0.340 e. The molecule has 0 fully saturated rings. The largest absolute Gasteiger partial charge is 0.494 e. The number of aliphatic imine (C=N–C) groups is 1. The number of rotatable bonds is 7. The fourth-order valence-electron chi connectivity index (χ4n) is 2.96. The van der Waals surface area contributed by atoms with E-state index in [2.05, 4.69) is 25.0 Å². The highest BCUT2D eigenvalue weighted by atomic mass is 16.5. The molecule has 0 bridgehead atoms. The molecule has 144 valence electrons. The highest BCUT2D eigenvalue weighted by Gasteiger charge is 2.25. The number of methoxy groups -OCH3 is 1. The second kappa shape index (κ2) is 8.32. The van der Waals surface area contributed by atoms with Crippen LogP contribution in [0.1, 0.15) is 19.5 Å². The molecule has 3 rings (SSSR count). The van der Waals surface area contributed by atoms with E-state index in [1.165, 1.54) is 0 Å². The Bertz CT molecular complexity index is 1020. The second-order valence-electron chi connectivity index (χ2n) is 6.07. The van der Waals surface area contributed by atoms with Crippen LogP contribution in [0.25, 0.3) is 27.9 Å². The van der Waals surface area contributed by atoms with Crippen molar-refractivity contribution in [2.45, 2.75) is 13.8 Å². The lowest BCUT2D eigenvalue weighted by molar-refractivity contribution is -0.138. The summed E-state index contributed by atoms with van der Waals surface area (Å²) in [5.74, 6) is 0.184. The molecule has 0 saturated carbocycles. The highest BCUT2D eigenvalue weighted by molar-refractivity contribution is 6.22. The molecule has 0 amide bonds. The number of carbonyl (C=O) groups is 1. The number of ether oxygens (including phenoxy) is 2. The third-order valence-electron chi connectivity index (χ3n) is 4.30. The summed E-state index contributed by atoms with van der Waals surface area (Å²) in [4.78, 5) is 25.9. The molecular formula is C19H20N6O3. The van der Waals surface area contributed by atoms with Gasteiger partial charge in [-0.1, -0.05) is 5.11 Å². The molecule has 0 saturated heterocycles. The first kappa shape index (κ1) is 19.1. The molecule has 9 heteroatoms. The summed E-state index contributed by atoms with van der Waals surface area (Å²) in [6.45, 7) is 3.69. The van der Waals surface area contributed by atoms with E-state index in [9.17, 15) is 4.79 Å². The van der Waals surface area contributed by atoms with Crippen LogP contribution >= 0.6 is 0 Å². The van der Waals surface area contributed by atoms with Crippen LogP contribution in [0.15, 0.2) is 51.3 Å². The molecule has 9 nitrogen and oxygen atoms in total. The zero-order valence-corrected chi connectivity index (χ0v) is 15.8. The van der Waals surface area contributed by atoms with Crippen LogP contribution in [0.3, 0.4) is 0 Å². The summed E-state index contributed by atoms with van der Waals surface area (Å²) in [7, 11) is 1.60. The summed E-state index contributed by atoms with van der Waals surface area (Å²) < 4.78 is 10.6. The van der Waals surface area contributed by atoms with Crippen molar-refractivity contribution in [2.24, 2.45) is 10.1 Å². The van der Waals surface area contributed by atoms with Crippen molar-refractivity contribution in [3.63, 3.8) is 0 Å². The van der Waals surface area contributed by atoms with Gasteiger partial charge in [0.05, 0.1) is 54.3 Å². The first-order chi connectivity index (χ1) is 13.5. The van der Waals surface area contributed by atoms with Gasteiger partial charge in [-0.2, -0.15) is 0 Å². The number of H-pyrrole nitrogens is 2. The van der Waals surface area contributed by atoms with Crippen LogP contribution < -0.4 is 4.74 Å². The maximum atomic E-state index is 12.4. The minimum atomic E-state index is -0.485. The van der Waals surface area contributed by atoms with Crippen molar-refractivity contribution in [2.75, 3.05) is 20.3 Å². The molecule has 3 heterocycles. The van der Waals surface area contributed by atoms with Gasteiger partial charge in [0, 0.05) is 17.2 Å². The van der Waals surface area contributed by atoms with E-state index in [4.69, 9.17) is 15.0 Å². The summed E-state index contributed by atoms with van der Waals surface area (Å²) in [6.07, 6.45) is 3.68. The maximum Gasteiger partial charge on any atom is 0.340 e. The number of nitrogens with one attached hydrogen (secondary N) is 2. The first-order valence-electron chi connectivity index (χ1n) is 8.62. The topological polar surface area (TPSA) is 128 Å². The second-order valence-corrected chi connectivity index (χ2v) is 6.07. The molecule has 2 aromatic heterocycles. The zero-order valence-electron chi connectivity index (χ0n) is 15.8. The third kappa shape index (κ3) is 3.84. The number of carbonyl (C=O) groups excluding carboxylic acids is 1. The molecule has 28 heavy (non-hydrogen) atoms. The van der Waals surface area contributed by atoms with E-state index in [1.54, 1.807) is 14.0 Å². The number of aromatic amines is 2. The van der Waals surface area contributed by atoms with Crippen LogP contribution in [0.5, 0.6) is 5.75 Å². The lowest BCUT2D eigenvalue weighted by Gasteiger charge is -2.05. The Morgan fingerprint density at radius 1 is 1.39 bits per heavy atom. The van der Waals surface area contributed by atoms with Gasteiger partial charge in [0.2, 0.25) is 0 Å². The molecule has 0 aromatic carbocycles. The Balaban J connectivity index is 1.87. The van der Waals surface area contributed by atoms with Gasteiger partial charge in [0.25, 0.3) is 0 Å². The minimum Gasteiger partial charge on any atom is -0.494 e. The molecule has 1 aliphatic rings. The Hall–Kier alpha value is -3.71. The summed E-state index contributed by atoms with van der Waals surface area (Å²) in [5, 5.41) is 3.35. The lowest BCUT2D eigenvalue weighted by atomic mass is 10.1. The number of hydrogen-bond donors (Lipinski definition) is 2. The van der Waals surface area contributed by atoms with Crippen LogP contribution in [0.4, 0.5) is 0 Å². The molecule has 0 radical (unpaired) electrons. The molecule has 1 aliphatic heterocycles. The molecule has 2 aromatic rings. The molecule has 2 N–H and O–H groups in total. The van der Waals surface area contributed by atoms with Crippen molar-refractivity contribution in [3.8, 4) is 17.1 Å². The van der Waals surface area contributed by atoms with Gasteiger partial charge >= 0.3 is 5.97 Å². The van der Waals surface area contributed by atoms with Crippen molar-refractivity contribution in [3.05, 3.63) is 57.4 Å². The van der Waals surface area contributed by atoms with Crippen LogP contribution in [-0.2, 0) is 9.53 Å². The lowest BCUT2D eigenvalue weighted by Crippen LogP contribution is -2.14. The van der Waals surface area contributed by atoms with Gasteiger partial charge in [0.15, 0.2) is 0 Å². The Kier molecular flexibility index (Phi) is 5.67. The normalized spacial score (nSPS) is 14.8.